The highest BCUT2D eigenvalue weighted by Crippen LogP contribution is 2.65. The molecule has 2 unspecified atom stereocenters. The fraction of sp³-hybridized carbons (Fsp3) is 0.440. The van der Waals surface area contributed by atoms with Gasteiger partial charge < -0.3 is 0 Å². The zero-order chi connectivity index (χ0) is 21.6. The molecule has 2 aromatic carbocycles. The summed E-state index contributed by atoms with van der Waals surface area (Å²) in [7, 11) is 0. The third-order valence-corrected chi connectivity index (χ3v) is 7.69. The van der Waals surface area contributed by atoms with E-state index in [0.29, 0.717) is 17.4 Å². The summed E-state index contributed by atoms with van der Waals surface area (Å²) < 4.78 is 0. The lowest BCUT2D eigenvalue weighted by Gasteiger charge is -2.61. The fourth-order valence-electron chi connectivity index (χ4n) is 6.74. The number of carbonyl (C=O) groups is 1. The van der Waals surface area contributed by atoms with Crippen LogP contribution >= 0.6 is 0 Å². The number of hydrogen-bond donors (Lipinski definition) is 1. The standard InChI is InChI=1S/C25H27N3O3/c1-17-2-6-21(7-3-17)24-11-19-10-20(12-24)14-25(13-19,16-24)23(29)27-26-15-18-4-8-22(9-5-18)28(30)31/h2-9,15,19-20H,10-14,16H2,1H3,(H,27,29)/b26-15-/t19-,20+,24?,25?. The fourth-order valence-corrected chi connectivity index (χ4v) is 6.74. The Labute approximate surface area is 181 Å². The van der Waals surface area contributed by atoms with E-state index in [1.54, 1.807) is 18.3 Å². The highest BCUT2D eigenvalue weighted by molar-refractivity contribution is 5.86. The van der Waals surface area contributed by atoms with Gasteiger partial charge in [0.15, 0.2) is 0 Å². The summed E-state index contributed by atoms with van der Waals surface area (Å²) in [6.45, 7) is 2.11. The van der Waals surface area contributed by atoms with E-state index in [9.17, 15) is 14.9 Å². The minimum Gasteiger partial charge on any atom is -0.273 e. The van der Waals surface area contributed by atoms with Crippen molar-refractivity contribution >= 4 is 17.8 Å². The predicted octanol–water partition coefficient (Wildman–Crippen LogP) is 4.89. The Balaban J connectivity index is 1.34. The Hall–Kier alpha value is -3.02. The van der Waals surface area contributed by atoms with Gasteiger partial charge in [-0.05, 0) is 86.0 Å². The van der Waals surface area contributed by atoms with Crippen molar-refractivity contribution < 1.29 is 9.72 Å². The number of nitrogens with one attached hydrogen (secondary N) is 1. The van der Waals surface area contributed by atoms with E-state index in [1.165, 1.54) is 42.5 Å². The Morgan fingerprint density at radius 2 is 1.71 bits per heavy atom. The summed E-state index contributed by atoms with van der Waals surface area (Å²) in [5.74, 6) is 1.23. The largest absolute Gasteiger partial charge is 0.273 e. The van der Waals surface area contributed by atoms with Crippen LogP contribution in [-0.2, 0) is 10.2 Å². The van der Waals surface area contributed by atoms with Crippen LogP contribution in [0.25, 0.3) is 0 Å². The molecule has 6 nitrogen and oxygen atoms in total. The second-order valence-corrected chi connectivity index (χ2v) is 9.94. The molecule has 4 bridgehead atoms. The molecule has 0 heterocycles. The molecular weight excluding hydrogens is 390 g/mol. The molecule has 0 aromatic heterocycles. The maximum absolute atomic E-state index is 13.3. The van der Waals surface area contributed by atoms with Crippen LogP contribution in [0.5, 0.6) is 0 Å². The van der Waals surface area contributed by atoms with Crippen LogP contribution in [0.3, 0.4) is 0 Å². The third-order valence-electron chi connectivity index (χ3n) is 7.69. The maximum Gasteiger partial charge on any atom is 0.269 e. The first kappa shape index (κ1) is 19.9. The number of hydrogen-bond acceptors (Lipinski definition) is 4. The molecule has 6 rings (SSSR count). The SMILES string of the molecule is Cc1ccc(C23C[C@@H]4C[C@@H](CC(C(=O)N/N=C\c5ccc([N+](=O)[O-])cc5)(C4)C2)C3)cc1. The number of nitrogens with zero attached hydrogens (tertiary/aromatic N) is 2. The number of benzene rings is 2. The smallest absolute Gasteiger partial charge is 0.269 e. The minimum absolute atomic E-state index is 0.0243. The zero-order valence-electron chi connectivity index (χ0n) is 17.7. The van der Waals surface area contributed by atoms with Crippen molar-refractivity contribution in [3.05, 3.63) is 75.3 Å². The lowest BCUT2D eigenvalue weighted by atomic mass is 9.42. The van der Waals surface area contributed by atoms with Crippen molar-refractivity contribution in [2.75, 3.05) is 0 Å². The first-order valence-electron chi connectivity index (χ1n) is 11.0. The monoisotopic (exact) mass is 417 g/mol. The van der Waals surface area contributed by atoms with Gasteiger partial charge >= 0.3 is 0 Å². The molecule has 0 aliphatic heterocycles. The Morgan fingerprint density at radius 1 is 1.06 bits per heavy atom. The van der Waals surface area contributed by atoms with E-state index in [2.05, 4.69) is 41.7 Å². The summed E-state index contributed by atoms with van der Waals surface area (Å²) in [6, 6.07) is 15.0. The van der Waals surface area contributed by atoms with Crippen molar-refractivity contribution in [1.82, 2.24) is 5.43 Å². The second-order valence-electron chi connectivity index (χ2n) is 9.94. The summed E-state index contributed by atoms with van der Waals surface area (Å²) >= 11 is 0. The van der Waals surface area contributed by atoms with Crippen molar-refractivity contribution in [3.63, 3.8) is 0 Å². The number of nitro groups is 1. The average Bonchev–Trinajstić information content (AvgIpc) is 2.73. The van der Waals surface area contributed by atoms with E-state index in [4.69, 9.17) is 0 Å². The average molecular weight is 418 g/mol. The summed E-state index contributed by atoms with van der Waals surface area (Å²) in [6.07, 6.45) is 7.98. The van der Waals surface area contributed by atoms with Gasteiger partial charge in [-0.25, -0.2) is 5.43 Å². The van der Waals surface area contributed by atoms with Gasteiger partial charge in [0, 0.05) is 12.1 Å². The van der Waals surface area contributed by atoms with Crippen LogP contribution in [-0.4, -0.2) is 17.0 Å². The molecule has 4 atom stereocenters. The molecule has 4 fully saturated rings. The number of non-ortho nitro benzene ring substituents is 1. The molecule has 0 spiro atoms. The van der Waals surface area contributed by atoms with Gasteiger partial charge in [0.25, 0.3) is 5.69 Å². The molecule has 0 saturated heterocycles. The molecule has 1 amide bonds. The molecular formula is C25H27N3O3. The molecule has 6 heteroatoms. The maximum atomic E-state index is 13.3. The van der Waals surface area contributed by atoms with Gasteiger partial charge in [0.1, 0.15) is 0 Å². The third kappa shape index (κ3) is 3.54. The zero-order valence-corrected chi connectivity index (χ0v) is 17.7. The minimum atomic E-state index is -0.431. The molecule has 31 heavy (non-hydrogen) atoms. The Morgan fingerprint density at radius 3 is 2.32 bits per heavy atom. The highest BCUT2D eigenvalue weighted by Gasteiger charge is 2.60. The first-order valence-corrected chi connectivity index (χ1v) is 11.0. The van der Waals surface area contributed by atoms with E-state index in [-0.39, 0.29) is 22.4 Å². The highest BCUT2D eigenvalue weighted by atomic mass is 16.6. The van der Waals surface area contributed by atoms with Gasteiger partial charge in [-0.3, -0.25) is 14.9 Å². The van der Waals surface area contributed by atoms with Crippen LogP contribution in [0, 0.1) is 34.3 Å². The second kappa shape index (κ2) is 7.29. The van der Waals surface area contributed by atoms with Gasteiger partial charge in [0.05, 0.1) is 16.6 Å². The lowest BCUT2D eigenvalue weighted by Crippen LogP contribution is -2.58. The van der Waals surface area contributed by atoms with Crippen molar-refractivity contribution in [1.29, 1.82) is 0 Å². The van der Waals surface area contributed by atoms with Crippen LogP contribution in [0.4, 0.5) is 5.69 Å². The topological polar surface area (TPSA) is 84.6 Å². The number of rotatable bonds is 5. The summed E-state index contributed by atoms with van der Waals surface area (Å²) in [4.78, 5) is 23.7. The van der Waals surface area contributed by atoms with E-state index in [1.807, 2.05) is 0 Å². The molecule has 4 saturated carbocycles. The molecule has 2 aromatic rings. The van der Waals surface area contributed by atoms with Gasteiger partial charge in [-0.15, -0.1) is 0 Å². The van der Waals surface area contributed by atoms with Crippen LogP contribution < -0.4 is 5.43 Å². The number of hydrazone groups is 1. The van der Waals surface area contributed by atoms with Gasteiger partial charge in [-0.2, -0.15) is 5.10 Å². The van der Waals surface area contributed by atoms with Crippen molar-refractivity contribution in [2.45, 2.75) is 50.9 Å². The number of amides is 1. The number of nitro benzene ring substituents is 1. The summed E-state index contributed by atoms with van der Waals surface area (Å²) in [5.41, 5.74) is 5.97. The van der Waals surface area contributed by atoms with E-state index >= 15 is 0 Å². The number of carbonyl (C=O) groups excluding carboxylic acids is 1. The lowest BCUT2D eigenvalue weighted by molar-refractivity contribution is -0.384. The van der Waals surface area contributed by atoms with E-state index in [0.717, 1.165) is 19.3 Å². The van der Waals surface area contributed by atoms with E-state index < -0.39 is 4.92 Å². The van der Waals surface area contributed by atoms with Crippen LogP contribution in [0.2, 0.25) is 0 Å². The number of aryl methyl sites for hydroxylation is 1. The summed E-state index contributed by atoms with van der Waals surface area (Å²) in [5, 5.41) is 15.0. The Bertz CT molecular complexity index is 1030. The Kier molecular flexibility index (Phi) is 4.68. The van der Waals surface area contributed by atoms with Crippen LogP contribution in [0.15, 0.2) is 53.6 Å². The molecule has 160 valence electrons. The molecule has 0 radical (unpaired) electrons. The predicted molar refractivity (Wildman–Crippen MR) is 119 cm³/mol. The van der Waals surface area contributed by atoms with Gasteiger partial charge in [-0.1, -0.05) is 29.8 Å². The normalized spacial score (nSPS) is 31.1. The van der Waals surface area contributed by atoms with Crippen molar-refractivity contribution in [2.24, 2.45) is 22.4 Å². The molecule has 4 aliphatic rings. The quantitative estimate of drug-likeness (QED) is 0.427. The molecule has 1 N–H and O–H groups in total. The van der Waals surface area contributed by atoms with Crippen molar-refractivity contribution in [3.8, 4) is 0 Å². The first-order chi connectivity index (χ1) is 14.9. The van der Waals surface area contributed by atoms with Gasteiger partial charge in [0.2, 0.25) is 5.91 Å². The molecule has 4 aliphatic carbocycles. The van der Waals surface area contributed by atoms with Crippen LogP contribution in [0.1, 0.15) is 55.2 Å².